The molecule has 2 aromatic carbocycles. The second-order valence-corrected chi connectivity index (χ2v) is 8.41. The van der Waals surface area contributed by atoms with Gasteiger partial charge in [0.05, 0.1) is 29.1 Å². The van der Waals surface area contributed by atoms with Crippen LogP contribution in [-0.2, 0) is 4.79 Å². The van der Waals surface area contributed by atoms with Gasteiger partial charge in [-0.25, -0.2) is 9.99 Å². The average Bonchev–Trinajstić information content (AvgIpc) is 3.61. The maximum Gasteiger partial charge on any atom is 0.253 e. The number of carbonyl (C=O) groups excluding carboxylic acids is 1. The topological polar surface area (TPSA) is 93.0 Å². The number of furan rings is 1. The Kier molecular flexibility index (Phi) is 4.61. The molecule has 0 bridgehead atoms. The fraction of sp³-hybridized carbons (Fsp3) is 0.174. The van der Waals surface area contributed by atoms with Gasteiger partial charge in [0.15, 0.2) is 16.7 Å². The molecule has 8 nitrogen and oxygen atoms in total. The van der Waals surface area contributed by atoms with E-state index in [0.29, 0.717) is 28.8 Å². The first-order chi connectivity index (χ1) is 15.7. The molecule has 32 heavy (non-hydrogen) atoms. The van der Waals surface area contributed by atoms with E-state index in [2.05, 4.69) is 15.1 Å². The molecule has 0 unspecified atom stereocenters. The van der Waals surface area contributed by atoms with Crippen molar-refractivity contribution in [3.05, 3.63) is 72.2 Å². The van der Waals surface area contributed by atoms with Crippen LogP contribution in [0.3, 0.4) is 0 Å². The zero-order chi connectivity index (χ0) is 21.5. The van der Waals surface area contributed by atoms with Gasteiger partial charge in [-0.3, -0.25) is 4.79 Å². The van der Waals surface area contributed by atoms with E-state index in [0.717, 1.165) is 22.3 Å². The minimum Gasteiger partial charge on any atom is -0.463 e. The van der Waals surface area contributed by atoms with Crippen molar-refractivity contribution in [1.82, 2.24) is 15.0 Å². The smallest absolute Gasteiger partial charge is 0.253 e. The quantitative estimate of drug-likeness (QED) is 0.458. The second-order valence-electron chi connectivity index (χ2n) is 7.44. The van der Waals surface area contributed by atoms with Crippen molar-refractivity contribution in [3.8, 4) is 11.5 Å². The van der Waals surface area contributed by atoms with Gasteiger partial charge in [0.2, 0.25) is 6.79 Å². The van der Waals surface area contributed by atoms with Crippen LogP contribution in [-0.4, -0.2) is 39.1 Å². The number of carbonyl (C=O) groups is 1. The molecular weight excluding hydrogens is 428 g/mol. The zero-order valence-corrected chi connectivity index (χ0v) is 17.7. The van der Waals surface area contributed by atoms with E-state index in [1.807, 2.05) is 54.6 Å². The number of aromatic amines is 1. The van der Waals surface area contributed by atoms with Gasteiger partial charge < -0.3 is 18.9 Å². The van der Waals surface area contributed by atoms with E-state index in [-0.39, 0.29) is 24.5 Å². The summed E-state index contributed by atoms with van der Waals surface area (Å²) in [7, 11) is 0. The van der Waals surface area contributed by atoms with Crippen LogP contribution in [0.1, 0.15) is 23.8 Å². The highest BCUT2D eigenvalue weighted by Gasteiger charge is 2.35. The van der Waals surface area contributed by atoms with Crippen LogP contribution in [0, 0.1) is 0 Å². The number of hydrogen-bond donors (Lipinski definition) is 1. The third kappa shape index (κ3) is 3.40. The number of nitrogens with one attached hydrogen (secondary N) is 1. The normalized spacial score (nSPS) is 17.2. The molecule has 160 valence electrons. The molecule has 6 rings (SSSR count). The van der Waals surface area contributed by atoms with Crippen LogP contribution in [0.5, 0.6) is 11.5 Å². The third-order valence-corrected chi connectivity index (χ3v) is 6.31. The lowest BCUT2D eigenvalue weighted by Crippen LogP contribution is -2.28. The summed E-state index contributed by atoms with van der Waals surface area (Å²) in [5, 5.41) is 6.88. The number of thioether (sulfide) groups is 1. The van der Waals surface area contributed by atoms with E-state index in [1.54, 1.807) is 11.3 Å². The number of ether oxygens (including phenoxy) is 2. The van der Waals surface area contributed by atoms with Crippen molar-refractivity contribution in [3.63, 3.8) is 0 Å². The van der Waals surface area contributed by atoms with Crippen molar-refractivity contribution in [1.29, 1.82) is 0 Å². The number of hydrazone groups is 1. The lowest BCUT2D eigenvalue weighted by molar-refractivity contribution is -0.130. The van der Waals surface area contributed by atoms with Crippen molar-refractivity contribution in [2.24, 2.45) is 5.10 Å². The number of H-pyrrole nitrogens is 1. The summed E-state index contributed by atoms with van der Waals surface area (Å²) in [5.74, 6) is 2.14. The number of fused-ring (bicyclic) bond motifs is 2. The number of rotatable bonds is 5. The predicted octanol–water partition coefficient (Wildman–Crippen LogP) is 4.35. The van der Waals surface area contributed by atoms with Crippen LogP contribution < -0.4 is 9.47 Å². The first-order valence-electron chi connectivity index (χ1n) is 10.1. The maximum absolute atomic E-state index is 13.2. The first-order valence-corrected chi connectivity index (χ1v) is 11.1. The fourth-order valence-electron chi connectivity index (χ4n) is 3.91. The minimum atomic E-state index is -0.256. The largest absolute Gasteiger partial charge is 0.463 e. The van der Waals surface area contributed by atoms with Gasteiger partial charge >= 0.3 is 0 Å². The van der Waals surface area contributed by atoms with Crippen LogP contribution >= 0.6 is 11.8 Å². The van der Waals surface area contributed by atoms with Gasteiger partial charge in [0.1, 0.15) is 11.5 Å². The number of hydrogen-bond acceptors (Lipinski definition) is 7. The fourth-order valence-corrected chi connectivity index (χ4v) is 4.64. The Balaban J connectivity index is 1.26. The Hall–Kier alpha value is -3.72. The SMILES string of the molecule is O=C(CSc1nc2ccccc2[nH]1)N1N=C(c2ccco2)C[C@@H]1c1ccc2c(c1)OCO2. The molecule has 4 heterocycles. The highest BCUT2D eigenvalue weighted by Crippen LogP contribution is 2.39. The van der Waals surface area contributed by atoms with Crippen LogP contribution in [0.25, 0.3) is 11.0 Å². The summed E-state index contributed by atoms with van der Waals surface area (Å²) in [5.41, 5.74) is 3.49. The van der Waals surface area contributed by atoms with Crippen molar-refractivity contribution in [2.75, 3.05) is 12.5 Å². The summed E-state index contributed by atoms with van der Waals surface area (Å²) in [4.78, 5) is 21.0. The average molecular weight is 446 g/mol. The number of imidazole rings is 1. The Bertz CT molecular complexity index is 1300. The van der Waals surface area contributed by atoms with Crippen molar-refractivity contribution < 1.29 is 18.7 Å². The van der Waals surface area contributed by atoms with E-state index in [1.165, 1.54) is 11.8 Å². The van der Waals surface area contributed by atoms with E-state index in [9.17, 15) is 4.79 Å². The summed E-state index contributed by atoms with van der Waals surface area (Å²) in [6.07, 6.45) is 2.16. The van der Waals surface area contributed by atoms with Gasteiger partial charge in [0, 0.05) is 6.42 Å². The molecule has 2 aromatic heterocycles. The predicted molar refractivity (Wildman–Crippen MR) is 119 cm³/mol. The molecule has 0 radical (unpaired) electrons. The van der Waals surface area contributed by atoms with Gasteiger partial charge in [-0.2, -0.15) is 5.10 Å². The molecule has 1 N–H and O–H groups in total. The number of nitrogens with zero attached hydrogens (tertiary/aromatic N) is 3. The molecular formula is C23H18N4O4S. The number of amides is 1. The monoisotopic (exact) mass is 446 g/mol. The van der Waals surface area contributed by atoms with Crippen molar-refractivity contribution >= 4 is 34.4 Å². The summed E-state index contributed by atoms with van der Waals surface area (Å²) in [6.45, 7) is 0.203. The number of aromatic nitrogens is 2. The lowest BCUT2D eigenvalue weighted by Gasteiger charge is -2.22. The first kappa shape index (κ1) is 19.0. The highest BCUT2D eigenvalue weighted by molar-refractivity contribution is 7.99. The van der Waals surface area contributed by atoms with Crippen LogP contribution in [0.2, 0.25) is 0 Å². The maximum atomic E-state index is 13.2. The van der Waals surface area contributed by atoms with Crippen molar-refractivity contribution in [2.45, 2.75) is 17.6 Å². The molecule has 0 saturated heterocycles. The molecule has 0 spiro atoms. The Morgan fingerprint density at radius 3 is 2.91 bits per heavy atom. The van der Waals surface area contributed by atoms with E-state index >= 15 is 0 Å². The van der Waals surface area contributed by atoms with Gasteiger partial charge in [0.25, 0.3) is 5.91 Å². The molecule has 0 fully saturated rings. The molecule has 1 amide bonds. The van der Waals surface area contributed by atoms with Gasteiger partial charge in [-0.1, -0.05) is 30.0 Å². The highest BCUT2D eigenvalue weighted by atomic mass is 32.2. The Morgan fingerprint density at radius 1 is 1.12 bits per heavy atom. The Morgan fingerprint density at radius 2 is 2.03 bits per heavy atom. The third-order valence-electron chi connectivity index (χ3n) is 5.45. The van der Waals surface area contributed by atoms with Crippen LogP contribution in [0.4, 0.5) is 0 Å². The number of para-hydroxylation sites is 2. The molecule has 4 aromatic rings. The summed E-state index contributed by atoms with van der Waals surface area (Å²) in [6, 6.07) is 16.9. The van der Waals surface area contributed by atoms with Gasteiger partial charge in [-0.05, 0) is 42.0 Å². The molecule has 1 atom stereocenters. The zero-order valence-electron chi connectivity index (χ0n) is 16.9. The second kappa shape index (κ2) is 7.76. The molecule has 2 aliphatic heterocycles. The molecule has 0 aliphatic carbocycles. The van der Waals surface area contributed by atoms with E-state index < -0.39 is 0 Å². The van der Waals surface area contributed by atoms with Crippen LogP contribution in [0.15, 0.2) is 75.5 Å². The lowest BCUT2D eigenvalue weighted by atomic mass is 10.0. The Labute approximate surface area is 187 Å². The van der Waals surface area contributed by atoms with E-state index in [4.69, 9.17) is 13.9 Å². The number of benzene rings is 2. The summed E-state index contributed by atoms with van der Waals surface area (Å²) >= 11 is 1.36. The minimum absolute atomic E-state index is 0.111. The summed E-state index contributed by atoms with van der Waals surface area (Å²) < 4.78 is 16.5. The molecule has 9 heteroatoms. The van der Waals surface area contributed by atoms with Gasteiger partial charge in [-0.15, -0.1) is 0 Å². The molecule has 0 saturated carbocycles. The standard InChI is InChI=1S/C23H18N4O4S/c28-22(12-32-23-24-15-4-1-2-5-16(15)25-23)27-18(11-17(26-27)19-6-3-9-29-19)14-7-8-20-21(10-14)31-13-30-20/h1-10,18H,11-13H2,(H,24,25)/t18-/m1/s1. The molecule has 2 aliphatic rings.